The van der Waals surface area contributed by atoms with Crippen molar-refractivity contribution in [1.29, 1.82) is 0 Å². The Morgan fingerprint density at radius 2 is 1.92 bits per heavy atom. The van der Waals surface area contributed by atoms with Crippen molar-refractivity contribution in [1.82, 2.24) is 4.98 Å². The lowest BCUT2D eigenvalue weighted by molar-refractivity contribution is -0.132. The molecule has 1 aromatic heterocycles. The lowest BCUT2D eigenvalue weighted by Gasteiger charge is -2.23. The second-order valence-corrected chi connectivity index (χ2v) is 9.60. The predicted molar refractivity (Wildman–Crippen MR) is 147 cm³/mol. The molecule has 0 spiro atoms. The molecule has 1 unspecified atom stereocenters. The van der Waals surface area contributed by atoms with Crippen molar-refractivity contribution in [3.63, 3.8) is 0 Å². The van der Waals surface area contributed by atoms with Gasteiger partial charge < -0.3 is 19.3 Å². The summed E-state index contributed by atoms with van der Waals surface area (Å²) in [7, 11) is 1.50. The number of ketones is 1. The topological polar surface area (TPSA) is 115 Å². The van der Waals surface area contributed by atoms with E-state index in [2.05, 4.69) is 11.6 Å². The molecule has 10 heteroatoms. The summed E-state index contributed by atoms with van der Waals surface area (Å²) in [5.41, 5.74) is 1.05. The average Bonchev–Trinajstić information content (AvgIpc) is 3.46. The number of nitrogens with zero attached hydrogens (tertiary/aromatic N) is 2. The summed E-state index contributed by atoms with van der Waals surface area (Å²) in [6.45, 7) is 7.63. The number of thiazole rings is 1. The Morgan fingerprint density at radius 1 is 1.18 bits per heavy atom. The van der Waals surface area contributed by atoms with Gasteiger partial charge in [0.15, 0.2) is 5.13 Å². The first-order valence-electron chi connectivity index (χ1n) is 12.2. The predicted octanol–water partition coefficient (Wildman–Crippen LogP) is 5.22. The van der Waals surface area contributed by atoms with Crippen LogP contribution < -0.4 is 14.4 Å². The van der Waals surface area contributed by atoms with Gasteiger partial charge in [-0.25, -0.2) is 9.78 Å². The number of anilines is 1. The molecule has 1 N–H and O–H groups in total. The number of carbonyl (C=O) groups excluding carboxylic acids is 3. The third-order valence-electron chi connectivity index (χ3n) is 5.94. The van der Waals surface area contributed by atoms with E-state index in [1.807, 2.05) is 6.92 Å². The number of aromatic nitrogens is 1. The zero-order chi connectivity index (χ0) is 28.1. The summed E-state index contributed by atoms with van der Waals surface area (Å²) in [4.78, 5) is 45.3. The summed E-state index contributed by atoms with van der Waals surface area (Å²) in [6, 6.07) is 12.5. The maximum absolute atomic E-state index is 13.5. The highest BCUT2D eigenvalue weighted by molar-refractivity contribution is 7.17. The summed E-state index contributed by atoms with van der Waals surface area (Å²) >= 11 is 0.928. The normalized spacial score (nSPS) is 16.3. The van der Waals surface area contributed by atoms with Crippen LogP contribution in [0.25, 0.3) is 5.76 Å². The zero-order valence-corrected chi connectivity index (χ0v) is 22.6. The standard InChI is InChI=1S/C29H28N2O7S/c1-5-13-37-21-12-8-10-19(16-21)24(32)22-23(18-9-7-11-20(15-18)36-4)31(27(34)25(22)33)29-30-17(3)26(39-29)28(35)38-14-6-2/h6-12,15-16,23,32H,2,5,13-14H2,1,3-4H3. The van der Waals surface area contributed by atoms with E-state index in [1.54, 1.807) is 55.5 Å². The van der Waals surface area contributed by atoms with Crippen LogP contribution in [-0.2, 0) is 14.3 Å². The molecule has 1 saturated heterocycles. The van der Waals surface area contributed by atoms with Crippen LogP contribution in [0.1, 0.15) is 45.9 Å². The van der Waals surface area contributed by atoms with Crippen LogP contribution in [0.15, 0.2) is 66.8 Å². The molecule has 1 amide bonds. The molecule has 1 aliphatic rings. The summed E-state index contributed by atoms with van der Waals surface area (Å²) in [6.07, 6.45) is 2.24. The van der Waals surface area contributed by atoms with E-state index in [0.717, 1.165) is 17.8 Å². The molecule has 2 heterocycles. The Morgan fingerprint density at radius 3 is 2.64 bits per heavy atom. The Labute approximate surface area is 230 Å². The van der Waals surface area contributed by atoms with E-state index in [0.29, 0.717) is 34.9 Å². The Hall–Kier alpha value is -4.44. The second-order valence-electron chi connectivity index (χ2n) is 8.62. The number of aliphatic hydroxyl groups excluding tert-OH is 1. The first kappa shape index (κ1) is 27.6. The molecule has 9 nitrogen and oxygen atoms in total. The largest absolute Gasteiger partial charge is 0.507 e. The number of esters is 1. The lowest BCUT2D eigenvalue weighted by Crippen LogP contribution is -2.29. The van der Waals surface area contributed by atoms with Gasteiger partial charge in [-0.15, -0.1) is 0 Å². The highest BCUT2D eigenvalue weighted by Crippen LogP contribution is 2.44. The van der Waals surface area contributed by atoms with Gasteiger partial charge >= 0.3 is 11.9 Å². The smallest absolute Gasteiger partial charge is 0.350 e. The van der Waals surface area contributed by atoms with Gasteiger partial charge in [-0.3, -0.25) is 14.5 Å². The van der Waals surface area contributed by atoms with Crippen LogP contribution in [-0.4, -0.2) is 48.1 Å². The molecule has 202 valence electrons. The average molecular weight is 549 g/mol. The lowest BCUT2D eigenvalue weighted by atomic mass is 9.95. The molecule has 4 rings (SSSR count). The number of benzene rings is 2. The molecule has 39 heavy (non-hydrogen) atoms. The van der Waals surface area contributed by atoms with Gasteiger partial charge in [-0.1, -0.05) is 55.2 Å². The second kappa shape index (κ2) is 12.0. The fourth-order valence-corrected chi connectivity index (χ4v) is 5.13. The molecule has 1 fully saturated rings. The van der Waals surface area contributed by atoms with Crippen LogP contribution in [0, 0.1) is 6.92 Å². The first-order valence-corrected chi connectivity index (χ1v) is 13.1. The highest BCUT2D eigenvalue weighted by Gasteiger charge is 2.48. The highest BCUT2D eigenvalue weighted by atomic mass is 32.1. The monoisotopic (exact) mass is 548 g/mol. The Balaban J connectivity index is 1.87. The number of hydrogen-bond donors (Lipinski definition) is 1. The van der Waals surface area contributed by atoms with E-state index in [4.69, 9.17) is 14.2 Å². The summed E-state index contributed by atoms with van der Waals surface area (Å²) < 4.78 is 16.2. The number of aliphatic hydroxyl groups is 1. The number of amides is 1. The molecule has 0 aliphatic carbocycles. The minimum Gasteiger partial charge on any atom is -0.507 e. The molecule has 2 aromatic carbocycles. The van der Waals surface area contributed by atoms with Crippen LogP contribution in [0.2, 0.25) is 0 Å². The van der Waals surface area contributed by atoms with Crippen LogP contribution in [0.3, 0.4) is 0 Å². The number of methoxy groups -OCH3 is 1. The van der Waals surface area contributed by atoms with Gasteiger partial charge in [0.05, 0.1) is 31.0 Å². The fraction of sp³-hybridized carbons (Fsp3) is 0.241. The van der Waals surface area contributed by atoms with Crippen molar-refractivity contribution in [3.05, 3.63) is 88.5 Å². The molecule has 1 aliphatic heterocycles. The van der Waals surface area contributed by atoms with E-state index in [9.17, 15) is 19.5 Å². The van der Waals surface area contributed by atoms with Gasteiger partial charge in [0.1, 0.15) is 28.7 Å². The molecular formula is C29H28N2O7S. The Bertz CT molecular complexity index is 1460. The maximum atomic E-state index is 13.5. The first-order chi connectivity index (χ1) is 18.8. The van der Waals surface area contributed by atoms with Crippen molar-refractivity contribution in [2.75, 3.05) is 25.2 Å². The number of hydrogen-bond acceptors (Lipinski definition) is 9. The third kappa shape index (κ3) is 5.56. The Kier molecular flexibility index (Phi) is 8.46. The number of aryl methyl sites for hydroxylation is 1. The number of rotatable bonds is 10. The summed E-state index contributed by atoms with van der Waals surface area (Å²) in [5.74, 6) is -1.73. The van der Waals surface area contributed by atoms with Gasteiger partial charge in [-0.2, -0.15) is 0 Å². The molecule has 0 saturated carbocycles. The van der Waals surface area contributed by atoms with Gasteiger partial charge in [0.2, 0.25) is 0 Å². The number of Topliss-reactive ketones (excluding diaryl/α,β-unsaturated/α-hetero) is 1. The van der Waals surface area contributed by atoms with Crippen molar-refractivity contribution in [2.45, 2.75) is 26.3 Å². The third-order valence-corrected chi connectivity index (χ3v) is 7.08. The van der Waals surface area contributed by atoms with Crippen LogP contribution in [0.4, 0.5) is 5.13 Å². The number of ether oxygens (including phenoxy) is 3. The van der Waals surface area contributed by atoms with Crippen LogP contribution >= 0.6 is 11.3 Å². The quantitative estimate of drug-likeness (QED) is 0.121. The maximum Gasteiger partial charge on any atom is 0.350 e. The fourth-order valence-electron chi connectivity index (χ4n) is 4.14. The van der Waals surface area contributed by atoms with E-state index >= 15 is 0 Å². The van der Waals surface area contributed by atoms with Crippen molar-refractivity contribution >= 4 is 39.9 Å². The molecular weight excluding hydrogens is 520 g/mol. The van der Waals surface area contributed by atoms with E-state index in [1.165, 1.54) is 18.1 Å². The van der Waals surface area contributed by atoms with Gasteiger partial charge in [0.25, 0.3) is 5.78 Å². The molecule has 3 aromatic rings. The van der Waals surface area contributed by atoms with Gasteiger partial charge in [0, 0.05) is 5.56 Å². The van der Waals surface area contributed by atoms with Gasteiger partial charge in [-0.05, 0) is 43.2 Å². The van der Waals surface area contributed by atoms with E-state index < -0.39 is 23.7 Å². The zero-order valence-electron chi connectivity index (χ0n) is 21.8. The molecule has 0 bridgehead atoms. The van der Waals surface area contributed by atoms with Crippen molar-refractivity contribution in [2.24, 2.45) is 0 Å². The SMILES string of the molecule is C=CCOC(=O)c1sc(N2C(=O)C(=O)C(=C(O)c3cccc(OCCC)c3)C2c2cccc(OC)c2)nc1C. The van der Waals surface area contributed by atoms with Crippen molar-refractivity contribution < 1.29 is 33.7 Å². The van der Waals surface area contributed by atoms with Crippen LogP contribution in [0.5, 0.6) is 11.5 Å². The minimum atomic E-state index is -1.04. The molecule has 0 radical (unpaired) electrons. The molecule has 1 atom stereocenters. The minimum absolute atomic E-state index is 0.0147. The van der Waals surface area contributed by atoms with Crippen molar-refractivity contribution in [3.8, 4) is 11.5 Å². The number of carbonyl (C=O) groups is 3. The summed E-state index contributed by atoms with van der Waals surface area (Å²) in [5, 5.41) is 11.5. The van der Waals surface area contributed by atoms with E-state index in [-0.39, 0.29) is 27.9 Å².